The van der Waals surface area contributed by atoms with Gasteiger partial charge in [0.25, 0.3) is 5.91 Å². The molecule has 0 aliphatic carbocycles. The molecule has 2 heterocycles. The maximum atomic E-state index is 14.6. The van der Waals surface area contributed by atoms with Crippen LogP contribution in [0.15, 0.2) is 103 Å². The number of quaternary nitrogens is 1. The van der Waals surface area contributed by atoms with Crippen LogP contribution in [0, 0.1) is 11.8 Å². The van der Waals surface area contributed by atoms with E-state index in [0.717, 1.165) is 28.5 Å². The van der Waals surface area contributed by atoms with Crippen LogP contribution in [-0.2, 0) is 64.2 Å². The predicted molar refractivity (Wildman–Crippen MR) is 274 cm³/mol. The van der Waals surface area contributed by atoms with Gasteiger partial charge in [0.2, 0.25) is 17.7 Å². The number of aldehydes is 1. The molecule has 4 N–H and O–H groups in total. The van der Waals surface area contributed by atoms with Crippen LogP contribution >= 0.6 is 0 Å². The van der Waals surface area contributed by atoms with E-state index >= 15 is 0 Å². The molecule has 4 amide bonds. The first-order valence-electron chi connectivity index (χ1n) is 25.3. The summed E-state index contributed by atoms with van der Waals surface area (Å²) in [5.41, 5.74) is 2.92. The second-order valence-corrected chi connectivity index (χ2v) is 20.4. The van der Waals surface area contributed by atoms with E-state index in [0.29, 0.717) is 57.0 Å². The molecule has 0 aromatic heterocycles. The zero-order valence-corrected chi connectivity index (χ0v) is 43.0. The average Bonchev–Trinajstić information content (AvgIpc) is 4.12. The molecule has 2 fully saturated rings. The van der Waals surface area contributed by atoms with Crippen molar-refractivity contribution in [3.63, 3.8) is 0 Å². The van der Waals surface area contributed by atoms with Crippen LogP contribution < -0.4 is 30.7 Å². The van der Waals surface area contributed by atoms with Crippen LogP contribution in [0.1, 0.15) is 93.4 Å². The van der Waals surface area contributed by atoms with Crippen LogP contribution in [-0.4, -0.2) is 115 Å². The Labute approximate surface area is 428 Å². The van der Waals surface area contributed by atoms with Crippen LogP contribution in [0.3, 0.4) is 0 Å². The van der Waals surface area contributed by atoms with E-state index < -0.39 is 53.5 Å². The van der Waals surface area contributed by atoms with Crippen molar-refractivity contribution in [2.24, 2.45) is 11.8 Å². The Morgan fingerprint density at radius 2 is 1.23 bits per heavy atom. The van der Waals surface area contributed by atoms with Crippen LogP contribution in [0.25, 0.3) is 0 Å². The molecule has 0 saturated carbocycles. The monoisotopic (exact) mass is 1000 g/mol. The summed E-state index contributed by atoms with van der Waals surface area (Å²) in [5.74, 6) is -2.19. The van der Waals surface area contributed by atoms with Crippen LogP contribution in [0.2, 0.25) is 0 Å². The summed E-state index contributed by atoms with van der Waals surface area (Å²) in [6.07, 6.45) is 2.18. The van der Waals surface area contributed by atoms with Gasteiger partial charge in [0, 0.05) is 24.5 Å². The lowest BCUT2D eigenvalue weighted by Crippen LogP contribution is -2.61. The highest BCUT2D eigenvalue weighted by molar-refractivity contribution is 5.99. The maximum Gasteiger partial charge on any atom is 0.308 e. The minimum absolute atomic E-state index is 0.00120. The van der Waals surface area contributed by atoms with Gasteiger partial charge in [0.05, 0.1) is 25.9 Å². The molecule has 4 aromatic rings. The molecular formula is C57H72N5O11+. The summed E-state index contributed by atoms with van der Waals surface area (Å²) in [7, 11) is 0. The molecule has 5 atom stereocenters. The summed E-state index contributed by atoms with van der Waals surface area (Å²) >= 11 is 0. The highest BCUT2D eigenvalue weighted by Crippen LogP contribution is 2.32. The minimum atomic E-state index is -1.10. The highest BCUT2D eigenvalue weighted by atomic mass is 16.6. The number of amides is 4. The molecule has 4 aromatic carbocycles. The van der Waals surface area contributed by atoms with E-state index in [1.54, 1.807) is 43.3 Å². The number of aryl methyl sites for hydroxylation is 1. The number of Topliss-reactive ketones (excluding diaryl/α,β-unsaturated/α-hetero) is 1. The number of hydrogen-bond donors (Lipinski definition) is 4. The van der Waals surface area contributed by atoms with E-state index in [4.69, 9.17) is 18.9 Å². The third-order valence-corrected chi connectivity index (χ3v) is 13.1. The average molecular weight is 1000 g/mol. The summed E-state index contributed by atoms with van der Waals surface area (Å²) < 4.78 is 23.2. The van der Waals surface area contributed by atoms with Gasteiger partial charge < -0.3 is 44.7 Å². The highest BCUT2D eigenvalue weighted by Gasteiger charge is 2.50. The first kappa shape index (κ1) is 55.6. The second kappa shape index (κ2) is 26.3. The largest absolute Gasteiger partial charge is 0.485 e. The Balaban J connectivity index is 1.21. The fourth-order valence-electron chi connectivity index (χ4n) is 9.02. The number of carbonyl (C=O) groups is 7. The standard InChI is InChI=1S/C57H71N5O11/c1-38(2)29-47(53(66)57(6)37-72-57)59-56(69)49(31-42-15-11-8-12-16-42)61-55(68)48(30-39(3)4)60-54(67)46(23-21-41-13-9-7-10-14-41)58-52(65)34-62(25-27-70-28-26-62)33-45-22-24-50(73-40(5)64)51(32-45)71-36-44-19-17-43(35-63)18-20-44/h7-20,22,24,32,35,38-39,46-49H,21,23,25-31,33-34,36-37H2,1-6H3,(H3-,58,59,60,61,65,67,68,69)/p+1/t46-,47-,48-,49-,57+/m0/s1. The van der Waals surface area contributed by atoms with Gasteiger partial charge in [-0.05, 0) is 79.3 Å². The summed E-state index contributed by atoms with van der Waals surface area (Å²) in [6.45, 7) is 13.4. The number of carbonyl (C=O) groups excluding carboxylic acids is 7. The third kappa shape index (κ3) is 17.2. The molecule has 16 heteroatoms. The Hall–Kier alpha value is -6.75. The normalized spacial score (nSPS) is 17.5. The van der Waals surface area contributed by atoms with Crippen molar-refractivity contribution in [1.82, 2.24) is 21.3 Å². The zero-order chi connectivity index (χ0) is 52.5. The van der Waals surface area contributed by atoms with E-state index in [2.05, 4.69) is 21.3 Å². The molecule has 0 unspecified atom stereocenters. The number of hydrogen-bond acceptors (Lipinski definition) is 11. The quantitative estimate of drug-likeness (QED) is 0.0190. The number of rotatable bonds is 27. The van der Waals surface area contributed by atoms with Gasteiger partial charge >= 0.3 is 5.97 Å². The Bertz CT molecular complexity index is 2510. The van der Waals surface area contributed by atoms with Gasteiger partial charge in [0.15, 0.2) is 23.8 Å². The lowest BCUT2D eigenvalue weighted by Gasteiger charge is -2.41. The molecular weight excluding hydrogens is 931 g/mol. The van der Waals surface area contributed by atoms with Crippen molar-refractivity contribution in [3.8, 4) is 11.5 Å². The van der Waals surface area contributed by atoms with Crippen LogP contribution in [0.5, 0.6) is 11.5 Å². The lowest BCUT2D eigenvalue weighted by molar-refractivity contribution is -0.940. The zero-order valence-electron chi connectivity index (χ0n) is 43.0. The molecule has 6 rings (SSSR count). The van der Waals surface area contributed by atoms with Gasteiger partial charge in [-0.25, -0.2) is 0 Å². The smallest absolute Gasteiger partial charge is 0.308 e. The number of morpholine rings is 1. The fraction of sp³-hybridized carbons (Fsp3) is 0.456. The number of esters is 1. The Kier molecular flexibility index (Phi) is 20.0. The third-order valence-electron chi connectivity index (χ3n) is 13.1. The number of nitrogens with one attached hydrogen (secondary N) is 4. The summed E-state index contributed by atoms with van der Waals surface area (Å²) in [4.78, 5) is 94.6. The lowest BCUT2D eigenvalue weighted by atomic mass is 9.93. The predicted octanol–water partition coefficient (Wildman–Crippen LogP) is 5.62. The second-order valence-electron chi connectivity index (χ2n) is 20.4. The number of nitrogens with zero attached hydrogens (tertiary/aromatic N) is 1. The molecule has 16 nitrogen and oxygen atoms in total. The maximum absolute atomic E-state index is 14.6. The Morgan fingerprint density at radius 3 is 1.84 bits per heavy atom. The molecule has 2 aliphatic heterocycles. The van der Waals surface area contributed by atoms with Gasteiger partial charge in [-0.1, -0.05) is 113 Å². The number of ether oxygens (including phenoxy) is 4. The van der Waals surface area contributed by atoms with Crippen molar-refractivity contribution in [2.45, 2.75) is 117 Å². The fourth-order valence-corrected chi connectivity index (χ4v) is 9.02. The van der Waals surface area contributed by atoms with E-state index in [-0.39, 0.29) is 72.8 Å². The first-order valence-corrected chi connectivity index (χ1v) is 25.3. The molecule has 0 radical (unpaired) electrons. The SMILES string of the molecule is CC(=O)Oc1ccc(C[N+]2(CC(=O)N[C@@H](CCc3ccccc3)C(=O)N[C@@H](CC(C)C)C(=O)N[C@@H](Cc3ccccc3)C(=O)N[C@@H](CC(C)C)C(=O)[C@@]3(C)CO3)CCOCC2)cc1OCc1ccc(C=O)cc1. The molecule has 2 saturated heterocycles. The molecule has 73 heavy (non-hydrogen) atoms. The van der Waals surface area contributed by atoms with E-state index in [1.165, 1.54) is 6.92 Å². The van der Waals surface area contributed by atoms with E-state index in [1.807, 2.05) is 94.4 Å². The van der Waals surface area contributed by atoms with Crippen molar-refractivity contribution in [3.05, 3.63) is 131 Å². The molecule has 2 aliphatic rings. The summed E-state index contributed by atoms with van der Waals surface area (Å²) in [6, 6.07) is 27.0. The van der Waals surface area contributed by atoms with Gasteiger partial charge in [-0.15, -0.1) is 0 Å². The summed E-state index contributed by atoms with van der Waals surface area (Å²) in [5, 5.41) is 11.9. The van der Waals surface area contributed by atoms with Gasteiger partial charge in [0.1, 0.15) is 56.3 Å². The molecule has 0 bridgehead atoms. The van der Waals surface area contributed by atoms with Crippen molar-refractivity contribution in [2.75, 3.05) is 39.5 Å². The first-order chi connectivity index (χ1) is 34.9. The topological polar surface area (TPSA) is 208 Å². The van der Waals surface area contributed by atoms with Gasteiger partial charge in [-0.3, -0.25) is 33.6 Å². The van der Waals surface area contributed by atoms with E-state index in [9.17, 15) is 33.6 Å². The van der Waals surface area contributed by atoms with Gasteiger partial charge in [-0.2, -0.15) is 0 Å². The van der Waals surface area contributed by atoms with Crippen LogP contribution in [0.4, 0.5) is 0 Å². The number of epoxide rings is 1. The number of benzene rings is 4. The molecule has 0 spiro atoms. The Morgan fingerprint density at radius 1 is 0.671 bits per heavy atom. The van der Waals surface area contributed by atoms with Crippen molar-refractivity contribution in [1.29, 1.82) is 0 Å². The number of ketones is 1. The minimum Gasteiger partial charge on any atom is -0.485 e. The molecule has 390 valence electrons. The van der Waals surface area contributed by atoms with Crippen molar-refractivity contribution >= 4 is 41.7 Å². The van der Waals surface area contributed by atoms with Crippen molar-refractivity contribution < 1.29 is 57.0 Å².